The maximum Gasteiger partial charge on any atom is 0.243 e. The highest BCUT2D eigenvalue weighted by atomic mass is 16.2. The van der Waals surface area contributed by atoms with Crippen LogP contribution in [0.1, 0.15) is 41.7 Å². The van der Waals surface area contributed by atoms with Crippen molar-refractivity contribution in [3.05, 3.63) is 107 Å². The molecule has 3 aromatic rings. The van der Waals surface area contributed by atoms with Crippen LogP contribution in [0.15, 0.2) is 78.9 Å². The highest BCUT2D eigenvalue weighted by Gasteiger charge is 2.30. The van der Waals surface area contributed by atoms with Gasteiger partial charge in [0.2, 0.25) is 11.8 Å². The van der Waals surface area contributed by atoms with E-state index in [9.17, 15) is 9.59 Å². The van der Waals surface area contributed by atoms with Crippen LogP contribution in [-0.4, -0.2) is 28.8 Å². The van der Waals surface area contributed by atoms with Gasteiger partial charge < -0.3 is 10.2 Å². The fourth-order valence-corrected chi connectivity index (χ4v) is 4.01. The fraction of sp³-hybridized carbons (Fsp3) is 0.310. The molecule has 0 aliphatic heterocycles. The van der Waals surface area contributed by atoms with Crippen molar-refractivity contribution >= 4 is 11.8 Å². The number of carbonyl (C=O) groups excluding carboxylic acids is 2. The van der Waals surface area contributed by atoms with E-state index in [1.54, 1.807) is 4.90 Å². The van der Waals surface area contributed by atoms with E-state index in [2.05, 4.69) is 11.4 Å². The van der Waals surface area contributed by atoms with Gasteiger partial charge in [0.05, 0.1) is 6.42 Å². The number of nitrogens with zero attached hydrogens (tertiary/aromatic N) is 1. The minimum atomic E-state index is -0.605. The van der Waals surface area contributed by atoms with Crippen molar-refractivity contribution in [1.82, 2.24) is 10.2 Å². The molecule has 0 fully saturated rings. The second-order valence-electron chi connectivity index (χ2n) is 8.98. The van der Waals surface area contributed by atoms with Gasteiger partial charge in [-0.15, -0.1) is 0 Å². The predicted octanol–water partition coefficient (Wildman–Crippen LogP) is 5.01. The van der Waals surface area contributed by atoms with Gasteiger partial charge in [-0.3, -0.25) is 9.59 Å². The minimum Gasteiger partial charge on any atom is -0.352 e. The quantitative estimate of drug-likeness (QED) is 0.506. The molecule has 2 amide bonds. The number of hydrogen-bond acceptors (Lipinski definition) is 2. The molecule has 1 unspecified atom stereocenters. The van der Waals surface area contributed by atoms with Crippen LogP contribution in [0.5, 0.6) is 0 Å². The van der Waals surface area contributed by atoms with E-state index in [0.29, 0.717) is 13.0 Å². The van der Waals surface area contributed by atoms with Crippen molar-refractivity contribution in [2.75, 3.05) is 0 Å². The molecule has 0 radical (unpaired) electrons. The van der Waals surface area contributed by atoms with Crippen molar-refractivity contribution in [2.24, 2.45) is 0 Å². The monoisotopic (exact) mass is 442 g/mol. The van der Waals surface area contributed by atoms with Gasteiger partial charge in [0.15, 0.2) is 0 Å². The van der Waals surface area contributed by atoms with E-state index < -0.39 is 6.04 Å². The van der Waals surface area contributed by atoms with Gasteiger partial charge in [-0.25, -0.2) is 0 Å². The maximum atomic E-state index is 13.7. The molecule has 4 nitrogen and oxygen atoms in total. The first kappa shape index (κ1) is 24.2. The van der Waals surface area contributed by atoms with Gasteiger partial charge in [-0.1, -0.05) is 84.4 Å². The Bertz CT molecular complexity index is 1080. The largest absolute Gasteiger partial charge is 0.352 e. The molecule has 0 spiro atoms. The Morgan fingerprint density at radius 2 is 1.52 bits per heavy atom. The molecule has 0 saturated heterocycles. The highest BCUT2D eigenvalue weighted by Crippen LogP contribution is 2.18. The lowest BCUT2D eigenvalue weighted by Gasteiger charge is -2.32. The second kappa shape index (κ2) is 11.5. The van der Waals surface area contributed by atoms with Gasteiger partial charge in [0, 0.05) is 19.0 Å². The van der Waals surface area contributed by atoms with Gasteiger partial charge in [-0.05, 0) is 49.9 Å². The van der Waals surface area contributed by atoms with Crippen molar-refractivity contribution in [2.45, 2.75) is 59.2 Å². The fourth-order valence-electron chi connectivity index (χ4n) is 4.01. The first-order valence-corrected chi connectivity index (χ1v) is 11.6. The smallest absolute Gasteiger partial charge is 0.243 e. The molecule has 0 bridgehead atoms. The first-order valence-electron chi connectivity index (χ1n) is 11.6. The Morgan fingerprint density at radius 1 is 0.848 bits per heavy atom. The van der Waals surface area contributed by atoms with Crippen LogP contribution in [0.2, 0.25) is 0 Å². The Balaban J connectivity index is 1.98. The van der Waals surface area contributed by atoms with Crippen molar-refractivity contribution in [3.8, 4) is 0 Å². The topological polar surface area (TPSA) is 49.4 Å². The third-order valence-electron chi connectivity index (χ3n) is 5.74. The van der Waals surface area contributed by atoms with Crippen LogP contribution in [0.3, 0.4) is 0 Å². The lowest BCUT2D eigenvalue weighted by atomic mass is 10.00. The number of nitrogens with one attached hydrogen (secondary N) is 1. The normalized spacial score (nSPS) is 11.8. The zero-order chi connectivity index (χ0) is 23.8. The summed E-state index contributed by atoms with van der Waals surface area (Å²) in [6.07, 6.45) is 0.726. The summed E-state index contributed by atoms with van der Waals surface area (Å²) >= 11 is 0. The zero-order valence-electron chi connectivity index (χ0n) is 20.0. The molecule has 1 N–H and O–H groups in total. The van der Waals surface area contributed by atoms with Crippen molar-refractivity contribution in [1.29, 1.82) is 0 Å². The maximum absolute atomic E-state index is 13.7. The summed E-state index contributed by atoms with van der Waals surface area (Å²) in [4.78, 5) is 28.9. The molecule has 3 rings (SSSR count). The van der Waals surface area contributed by atoms with Crippen molar-refractivity contribution < 1.29 is 9.59 Å². The standard InChI is InChI=1S/C29H34N2O2/c1-21(2)30-29(33)27(18-24-13-6-5-7-14-24)31(20-25-15-10-11-22(3)17-25)28(32)19-26-16-9-8-12-23(26)4/h5-17,21,27H,18-20H2,1-4H3,(H,30,33). The molecule has 0 aliphatic carbocycles. The Hall–Kier alpha value is -3.40. The van der Waals surface area contributed by atoms with Gasteiger partial charge in [-0.2, -0.15) is 0 Å². The van der Waals surface area contributed by atoms with Gasteiger partial charge >= 0.3 is 0 Å². The summed E-state index contributed by atoms with van der Waals surface area (Å²) in [6, 6.07) is 25.3. The molecule has 3 aromatic carbocycles. The molecule has 172 valence electrons. The van der Waals surface area contributed by atoms with Crippen LogP contribution in [0.25, 0.3) is 0 Å². The summed E-state index contributed by atoms with van der Waals surface area (Å²) in [6.45, 7) is 8.32. The third-order valence-corrected chi connectivity index (χ3v) is 5.74. The van der Waals surface area contributed by atoms with Crippen LogP contribution in [0, 0.1) is 13.8 Å². The van der Waals surface area contributed by atoms with E-state index in [4.69, 9.17) is 0 Å². The van der Waals surface area contributed by atoms with Crippen LogP contribution < -0.4 is 5.32 Å². The third kappa shape index (κ3) is 7.04. The average molecular weight is 443 g/mol. The molecule has 0 saturated carbocycles. The molecule has 1 atom stereocenters. The Kier molecular flexibility index (Phi) is 8.42. The van der Waals surface area contributed by atoms with Crippen LogP contribution in [-0.2, 0) is 29.0 Å². The SMILES string of the molecule is Cc1cccc(CN(C(=O)Cc2ccccc2C)C(Cc2ccccc2)C(=O)NC(C)C)c1. The summed E-state index contributed by atoms with van der Waals surface area (Å²) in [5.74, 6) is -0.176. The highest BCUT2D eigenvalue weighted by molar-refractivity contribution is 5.89. The van der Waals surface area contributed by atoms with E-state index in [-0.39, 0.29) is 24.3 Å². The minimum absolute atomic E-state index is 0.0111. The van der Waals surface area contributed by atoms with E-state index in [1.807, 2.05) is 100 Å². The van der Waals surface area contributed by atoms with E-state index >= 15 is 0 Å². The summed E-state index contributed by atoms with van der Waals surface area (Å²) in [5, 5.41) is 3.04. The number of amides is 2. The Morgan fingerprint density at radius 3 is 2.18 bits per heavy atom. The van der Waals surface area contributed by atoms with Crippen LogP contribution >= 0.6 is 0 Å². The lowest BCUT2D eigenvalue weighted by molar-refractivity contribution is -0.141. The molecule has 0 heterocycles. The summed E-state index contributed by atoms with van der Waals surface area (Å²) in [7, 11) is 0. The zero-order valence-corrected chi connectivity index (χ0v) is 20.0. The van der Waals surface area contributed by atoms with Gasteiger partial charge in [0.1, 0.15) is 6.04 Å². The average Bonchev–Trinajstić information content (AvgIpc) is 2.78. The van der Waals surface area contributed by atoms with E-state index in [1.165, 1.54) is 0 Å². The number of rotatable bonds is 9. The molecule has 33 heavy (non-hydrogen) atoms. The van der Waals surface area contributed by atoms with Crippen LogP contribution in [0.4, 0.5) is 0 Å². The molecular formula is C29H34N2O2. The molecule has 4 heteroatoms. The first-order chi connectivity index (χ1) is 15.8. The summed E-state index contributed by atoms with van der Waals surface area (Å²) in [5.41, 5.74) is 5.24. The second-order valence-corrected chi connectivity index (χ2v) is 8.98. The number of aryl methyl sites for hydroxylation is 2. The number of benzene rings is 3. The van der Waals surface area contributed by atoms with Gasteiger partial charge in [0.25, 0.3) is 0 Å². The predicted molar refractivity (Wildman–Crippen MR) is 134 cm³/mol. The lowest BCUT2D eigenvalue weighted by Crippen LogP contribution is -2.52. The molecular weight excluding hydrogens is 408 g/mol. The van der Waals surface area contributed by atoms with Crippen molar-refractivity contribution in [3.63, 3.8) is 0 Å². The van der Waals surface area contributed by atoms with E-state index in [0.717, 1.165) is 27.8 Å². The Labute approximate surface area is 197 Å². The number of carbonyl (C=O) groups is 2. The number of hydrogen-bond donors (Lipinski definition) is 1. The molecule has 0 aliphatic rings. The molecule has 0 aromatic heterocycles. The summed E-state index contributed by atoms with van der Waals surface area (Å²) < 4.78 is 0.